The van der Waals surface area contributed by atoms with E-state index in [2.05, 4.69) is 27.7 Å². The number of nitrogens with zero attached hydrogens (tertiary/aromatic N) is 1. The summed E-state index contributed by atoms with van der Waals surface area (Å²) in [6, 6.07) is 0. The van der Waals surface area contributed by atoms with Gasteiger partial charge in [-0.2, -0.15) is 0 Å². The van der Waals surface area contributed by atoms with E-state index in [9.17, 15) is 4.79 Å². The summed E-state index contributed by atoms with van der Waals surface area (Å²) in [5.41, 5.74) is 0. The SMILES string of the molecule is COCC(=O)N(CCCCCC(C)C)CCCCCC(C)C. The van der Waals surface area contributed by atoms with Gasteiger partial charge in [-0.05, 0) is 24.7 Å². The largest absolute Gasteiger partial charge is 0.375 e. The average molecular weight is 314 g/mol. The Labute approximate surface area is 138 Å². The molecule has 0 atom stereocenters. The molecule has 0 aliphatic heterocycles. The van der Waals surface area contributed by atoms with Gasteiger partial charge in [-0.3, -0.25) is 4.79 Å². The Hall–Kier alpha value is -0.570. The maximum Gasteiger partial charge on any atom is 0.248 e. The van der Waals surface area contributed by atoms with E-state index in [1.165, 1.54) is 38.5 Å². The predicted octanol–water partition coefficient (Wildman–Crippen LogP) is 4.89. The first kappa shape index (κ1) is 21.4. The topological polar surface area (TPSA) is 29.5 Å². The molecule has 132 valence electrons. The minimum absolute atomic E-state index is 0.148. The van der Waals surface area contributed by atoms with Gasteiger partial charge in [0.15, 0.2) is 0 Å². The zero-order valence-corrected chi connectivity index (χ0v) is 15.7. The standard InChI is InChI=1S/C19H39NO2/c1-17(2)12-8-6-10-14-20(19(21)16-22-5)15-11-7-9-13-18(3)4/h17-18H,6-16H2,1-5H3. The van der Waals surface area contributed by atoms with E-state index in [4.69, 9.17) is 4.74 Å². The van der Waals surface area contributed by atoms with E-state index in [0.29, 0.717) is 0 Å². The number of hydrogen-bond donors (Lipinski definition) is 0. The molecule has 0 saturated carbocycles. The molecular weight excluding hydrogens is 274 g/mol. The van der Waals surface area contributed by atoms with Crippen molar-refractivity contribution in [1.82, 2.24) is 4.90 Å². The second-order valence-corrected chi connectivity index (χ2v) is 7.30. The van der Waals surface area contributed by atoms with Crippen molar-refractivity contribution in [1.29, 1.82) is 0 Å². The Morgan fingerprint density at radius 2 is 1.27 bits per heavy atom. The molecular formula is C19H39NO2. The number of rotatable bonds is 14. The van der Waals surface area contributed by atoms with Gasteiger partial charge in [0.05, 0.1) is 0 Å². The summed E-state index contributed by atoms with van der Waals surface area (Å²) in [5.74, 6) is 1.72. The molecule has 3 nitrogen and oxygen atoms in total. The molecule has 0 radical (unpaired) electrons. The van der Waals surface area contributed by atoms with Crippen LogP contribution in [-0.4, -0.2) is 37.6 Å². The summed E-state index contributed by atoms with van der Waals surface area (Å²) in [7, 11) is 1.60. The van der Waals surface area contributed by atoms with Crippen molar-refractivity contribution < 1.29 is 9.53 Å². The van der Waals surface area contributed by atoms with Gasteiger partial charge < -0.3 is 9.64 Å². The van der Waals surface area contributed by atoms with E-state index in [1.54, 1.807) is 7.11 Å². The molecule has 0 unspecified atom stereocenters. The summed E-state index contributed by atoms with van der Waals surface area (Å²) < 4.78 is 5.01. The Balaban J connectivity index is 3.92. The Morgan fingerprint density at radius 3 is 1.64 bits per heavy atom. The zero-order valence-electron chi connectivity index (χ0n) is 15.7. The van der Waals surface area contributed by atoms with Gasteiger partial charge in [-0.25, -0.2) is 0 Å². The number of hydrogen-bond acceptors (Lipinski definition) is 2. The smallest absolute Gasteiger partial charge is 0.248 e. The third-order valence-corrected chi connectivity index (χ3v) is 4.04. The molecule has 0 bridgehead atoms. The van der Waals surface area contributed by atoms with Crippen LogP contribution in [0.15, 0.2) is 0 Å². The molecule has 0 aromatic carbocycles. The molecule has 0 fully saturated rings. The zero-order chi connectivity index (χ0) is 16.8. The first-order valence-corrected chi connectivity index (χ1v) is 9.24. The lowest BCUT2D eigenvalue weighted by Gasteiger charge is -2.22. The van der Waals surface area contributed by atoms with E-state index in [-0.39, 0.29) is 12.5 Å². The summed E-state index contributed by atoms with van der Waals surface area (Å²) in [5, 5.41) is 0. The van der Waals surface area contributed by atoms with Gasteiger partial charge in [0, 0.05) is 20.2 Å². The molecule has 0 aromatic heterocycles. The maximum atomic E-state index is 12.1. The van der Waals surface area contributed by atoms with Gasteiger partial charge in [0.1, 0.15) is 6.61 Å². The van der Waals surface area contributed by atoms with Crippen molar-refractivity contribution in [3.63, 3.8) is 0 Å². The average Bonchev–Trinajstić information content (AvgIpc) is 2.43. The van der Waals surface area contributed by atoms with Crippen LogP contribution in [0.1, 0.15) is 79.1 Å². The fourth-order valence-corrected chi connectivity index (χ4v) is 2.64. The summed E-state index contributed by atoms with van der Waals surface area (Å²) in [4.78, 5) is 14.1. The molecule has 0 aliphatic rings. The van der Waals surface area contributed by atoms with Gasteiger partial charge in [-0.15, -0.1) is 0 Å². The first-order valence-electron chi connectivity index (χ1n) is 9.24. The fourth-order valence-electron chi connectivity index (χ4n) is 2.64. The molecule has 0 heterocycles. The number of methoxy groups -OCH3 is 1. The molecule has 22 heavy (non-hydrogen) atoms. The maximum absolute atomic E-state index is 12.1. The van der Waals surface area contributed by atoms with Gasteiger partial charge in [-0.1, -0.05) is 66.2 Å². The monoisotopic (exact) mass is 313 g/mol. The highest BCUT2D eigenvalue weighted by atomic mass is 16.5. The van der Waals surface area contributed by atoms with Crippen molar-refractivity contribution >= 4 is 5.91 Å². The van der Waals surface area contributed by atoms with Crippen molar-refractivity contribution in [3.05, 3.63) is 0 Å². The van der Waals surface area contributed by atoms with Crippen molar-refractivity contribution in [2.24, 2.45) is 11.8 Å². The van der Waals surface area contributed by atoms with Crippen molar-refractivity contribution in [2.45, 2.75) is 79.1 Å². The normalized spacial score (nSPS) is 11.4. The molecule has 3 heteroatoms. The Kier molecular flexibility index (Phi) is 13.7. The molecule has 0 rings (SSSR count). The summed E-state index contributed by atoms with van der Waals surface area (Å²) in [6.45, 7) is 11.1. The second kappa shape index (κ2) is 14.0. The van der Waals surface area contributed by atoms with Crippen LogP contribution in [0.4, 0.5) is 0 Å². The molecule has 0 spiro atoms. The number of unbranched alkanes of at least 4 members (excludes halogenated alkanes) is 4. The third-order valence-electron chi connectivity index (χ3n) is 4.04. The van der Waals surface area contributed by atoms with E-state index >= 15 is 0 Å². The lowest BCUT2D eigenvalue weighted by molar-refractivity contribution is -0.135. The lowest BCUT2D eigenvalue weighted by atomic mass is 10.0. The van der Waals surface area contributed by atoms with Crippen LogP contribution in [0.3, 0.4) is 0 Å². The highest BCUT2D eigenvalue weighted by Crippen LogP contribution is 2.11. The highest BCUT2D eigenvalue weighted by Gasteiger charge is 2.12. The quantitative estimate of drug-likeness (QED) is 0.427. The molecule has 0 saturated heterocycles. The van der Waals surface area contributed by atoms with Crippen LogP contribution < -0.4 is 0 Å². The summed E-state index contributed by atoms with van der Waals surface area (Å²) >= 11 is 0. The molecule has 1 amide bonds. The Morgan fingerprint density at radius 1 is 0.818 bits per heavy atom. The summed E-state index contributed by atoms with van der Waals surface area (Å²) in [6.07, 6.45) is 9.83. The van der Waals surface area contributed by atoms with Crippen LogP contribution in [0.25, 0.3) is 0 Å². The molecule has 0 N–H and O–H groups in total. The Bertz CT molecular complexity index is 246. The number of ether oxygens (including phenoxy) is 1. The van der Waals surface area contributed by atoms with Crippen molar-refractivity contribution in [2.75, 3.05) is 26.8 Å². The van der Waals surface area contributed by atoms with Crippen molar-refractivity contribution in [3.8, 4) is 0 Å². The number of carbonyl (C=O) groups is 1. The van der Waals surface area contributed by atoms with Crippen LogP contribution in [0.2, 0.25) is 0 Å². The lowest BCUT2D eigenvalue weighted by Crippen LogP contribution is -2.35. The van der Waals surface area contributed by atoms with Crippen LogP contribution in [0, 0.1) is 11.8 Å². The van der Waals surface area contributed by atoms with E-state index in [0.717, 1.165) is 37.8 Å². The fraction of sp³-hybridized carbons (Fsp3) is 0.947. The third kappa shape index (κ3) is 13.1. The van der Waals surface area contributed by atoms with E-state index in [1.807, 2.05) is 4.90 Å². The predicted molar refractivity (Wildman–Crippen MR) is 95.1 cm³/mol. The van der Waals surface area contributed by atoms with Crippen LogP contribution in [-0.2, 0) is 9.53 Å². The number of amides is 1. The van der Waals surface area contributed by atoms with Gasteiger partial charge in [0.2, 0.25) is 5.91 Å². The second-order valence-electron chi connectivity index (χ2n) is 7.30. The van der Waals surface area contributed by atoms with Crippen LogP contribution >= 0.6 is 0 Å². The van der Waals surface area contributed by atoms with E-state index < -0.39 is 0 Å². The van der Waals surface area contributed by atoms with Gasteiger partial charge in [0.25, 0.3) is 0 Å². The minimum Gasteiger partial charge on any atom is -0.375 e. The number of carbonyl (C=O) groups excluding carboxylic acids is 1. The van der Waals surface area contributed by atoms with Gasteiger partial charge >= 0.3 is 0 Å². The molecule has 0 aromatic rings. The highest BCUT2D eigenvalue weighted by molar-refractivity contribution is 5.77. The first-order chi connectivity index (χ1) is 10.5. The van der Waals surface area contributed by atoms with Crippen LogP contribution in [0.5, 0.6) is 0 Å². The molecule has 0 aliphatic carbocycles. The minimum atomic E-state index is 0.148.